The fourth-order valence-electron chi connectivity index (χ4n) is 1.75. The van der Waals surface area contributed by atoms with Crippen molar-refractivity contribution in [2.75, 3.05) is 6.61 Å². The molecule has 0 unspecified atom stereocenters. The lowest BCUT2D eigenvalue weighted by molar-refractivity contribution is 0.266. The minimum Gasteiger partial charge on any atom is -0.490 e. The molecule has 106 valence electrons. The molecule has 0 amide bonds. The van der Waals surface area contributed by atoms with Gasteiger partial charge < -0.3 is 15.2 Å². The molecule has 2 rings (SSSR count). The number of hydrogen-bond donors (Lipinski definition) is 2. The summed E-state index contributed by atoms with van der Waals surface area (Å²) < 4.78 is 13.0. The summed E-state index contributed by atoms with van der Waals surface area (Å²) in [7, 11) is 1.86. The molecule has 1 heterocycles. The molecule has 0 aliphatic heterocycles. The van der Waals surface area contributed by atoms with Crippen LogP contribution in [-0.2, 0) is 13.7 Å². The van der Waals surface area contributed by atoms with Crippen LogP contribution in [0.2, 0.25) is 0 Å². The molecular weight excluding hydrogens is 256 g/mol. The molecule has 0 atom stereocenters. The minimum absolute atomic E-state index is 0.00206. The number of nitrogens with zero attached hydrogens (tertiary/aromatic N) is 2. The number of benzene rings is 1. The van der Waals surface area contributed by atoms with Gasteiger partial charge in [0.2, 0.25) is 0 Å². The van der Waals surface area contributed by atoms with Crippen molar-refractivity contribution in [1.82, 2.24) is 9.78 Å². The third-order valence-electron chi connectivity index (χ3n) is 2.70. The van der Waals surface area contributed by atoms with E-state index in [-0.39, 0.29) is 5.84 Å². The van der Waals surface area contributed by atoms with Crippen molar-refractivity contribution in [3.8, 4) is 11.5 Å². The van der Waals surface area contributed by atoms with Crippen LogP contribution in [0.5, 0.6) is 11.5 Å². The highest BCUT2D eigenvalue weighted by molar-refractivity contribution is 5.95. The lowest BCUT2D eigenvalue weighted by Gasteiger charge is -2.12. The zero-order valence-corrected chi connectivity index (χ0v) is 11.6. The summed E-state index contributed by atoms with van der Waals surface area (Å²) in [5.74, 6) is 1.20. The number of rotatable bonds is 6. The summed E-state index contributed by atoms with van der Waals surface area (Å²) in [6.45, 7) is 2.77. The van der Waals surface area contributed by atoms with Gasteiger partial charge in [0.05, 0.1) is 12.3 Å². The van der Waals surface area contributed by atoms with E-state index in [1.54, 1.807) is 22.9 Å². The molecule has 0 aliphatic rings. The van der Waals surface area contributed by atoms with E-state index in [1.165, 1.54) is 0 Å². The van der Waals surface area contributed by atoms with E-state index in [1.807, 2.05) is 26.2 Å². The maximum atomic E-state index is 7.44. The Hall–Kier alpha value is -2.50. The first-order valence-electron chi connectivity index (χ1n) is 6.32. The first-order valence-corrected chi connectivity index (χ1v) is 6.32. The summed E-state index contributed by atoms with van der Waals surface area (Å²) in [5, 5.41) is 11.7. The second-order valence-electron chi connectivity index (χ2n) is 4.28. The highest BCUT2D eigenvalue weighted by Crippen LogP contribution is 2.29. The molecule has 6 heteroatoms. The Morgan fingerprint density at radius 2 is 2.10 bits per heavy atom. The lowest BCUT2D eigenvalue weighted by atomic mass is 10.2. The summed E-state index contributed by atoms with van der Waals surface area (Å²) in [6.07, 6.45) is 1.86. The Balaban J connectivity index is 2.15. The van der Waals surface area contributed by atoms with E-state index in [9.17, 15) is 0 Å². The highest BCUT2D eigenvalue weighted by Gasteiger charge is 2.09. The van der Waals surface area contributed by atoms with E-state index in [4.69, 9.17) is 20.6 Å². The van der Waals surface area contributed by atoms with Gasteiger partial charge in [-0.3, -0.25) is 10.1 Å². The number of nitrogens with one attached hydrogen (secondary N) is 1. The summed E-state index contributed by atoms with van der Waals surface area (Å²) in [4.78, 5) is 0. The molecule has 1 aromatic carbocycles. The van der Waals surface area contributed by atoms with Crippen molar-refractivity contribution >= 4 is 5.84 Å². The van der Waals surface area contributed by atoms with Gasteiger partial charge in [-0.15, -0.1) is 0 Å². The fourth-order valence-corrected chi connectivity index (χ4v) is 1.75. The van der Waals surface area contributed by atoms with Crippen LogP contribution in [0.1, 0.15) is 18.2 Å². The molecule has 0 bridgehead atoms. The van der Waals surface area contributed by atoms with E-state index in [0.717, 1.165) is 5.69 Å². The second-order valence-corrected chi connectivity index (χ2v) is 4.28. The quantitative estimate of drug-likeness (QED) is 0.620. The van der Waals surface area contributed by atoms with Crippen molar-refractivity contribution in [3.05, 3.63) is 41.7 Å². The first kappa shape index (κ1) is 13.9. The smallest absolute Gasteiger partial charge is 0.161 e. The van der Waals surface area contributed by atoms with Gasteiger partial charge in [-0.05, 0) is 31.2 Å². The molecule has 0 aliphatic carbocycles. The molecule has 1 aromatic heterocycles. The van der Waals surface area contributed by atoms with Crippen LogP contribution in [0.3, 0.4) is 0 Å². The average molecular weight is 274 g/mol. The van der Waals surface area contributed by atoms with Gasteiger partial charge in [0, 0.05) is 18.8 Å². The number of amidine groups is 1. The van der Waals surface area contributed by atoms with Crippen LogP contribution in [0.4, 0.5) is 0 Å². The number of nitrogen functional groups attached to an aromatic ring is 1. The van der Waals surface area contributed by atoms with Crippen LogP contribution < -0.4 is 15.2 Å². The number of nitrogens with two attached hydrogens (primary N) is 1. The Bertz CT molecular complexity index is 607. The van der Waals surface area contributed by atoms with Crippen LogP contribution in [0.15, 0.2) is 30.5 Å². The van der Waals surface area contributed by atoms with Crippen molar-refractivity contribution in [1.29, 1.82) is 5.41 Å². The van der Waals surface area contributed by atoms with Gasteiger partial charge in [-0.2, -0.15) is 5.10 Å². The Morgan fingerprint density at radius 1 is 1.30 bits per heavy atom. The normalized spacial score (nSPS) is 10.3. The topological polar surface area (TPSA) is 86.1 Å². The number of aryl methyl sites for hydroxylation is 1. The SMILES string of the molecule is CCOc1cc(C(=N)N)ccc1OCc1ccn(C)n1. The Morgan fingerprint density at radius 3 is 2.70 bits per heavy atom. The molecule has 0 radical (unpaired) electrons. The Kier molecular flexibility index (Phi) is 4.24. The Labute approximate surface area is 117 Å². The third kappa shape index (κ3) is 3.28. The van der Waals surface area contributed by atoms with Gasteiger partial charge in [0.15, 0.2) is 11.5 Å². The first-order chi connectivity index (χ1) is 9.60. The summed E-state index contributed by atoms with van der Waals surface area (Å²) >= 11 is 0. The molecular formula is C14H18N4O2. The molecule has 6 nitrogen and oxygen atoms in total. The van der Waals surface area contributed by atoms with Gasteiger partial charge in [-0.25, -0.2) is 0 Å². The molecule has 20 heavy (non-hydrogen) atoms. The van der Waals surface area contributed by atoms with Gasteiger partial charge in [0.25, 0.3) is 0 Å². The van der Waals surface area contributed by atoms with Crippen LogP contribution in [0, 0.1) is 5.41 Å². The summed E-state index contributed by atoms with van der Waals surface area (Å²) in [6, 6.07) is 7.09. The van der Waals surface area contributed by atoms with Crippen molar-refractivity contribution < 1.29 is 9.47 Å². The zero-order chi connectivity index (χ0) is 14.5. The van der Waals surface area contributed by atoms with E-state index in [2.05, 4.69) is 5.10 Å². The monoisotopic (exact) mass is 274 g/mol. The van der Waals surface area contributed by atoms with Crippen LogP contribution in [-0.4, -0.2) is 22.2 Å². The van der Waals surface area contributed by atoms with E-state index < -0.39 is 0 Å². The molecule has 0 spiro atoms. The van der Waals surface area contributed by atoms with Gasteiger partial charge in [-0.1, -0.05) is 0 Å². The minimum atomic E-state index is 0.00206. The lowest BCUT2D eigenvalue weighted by Crippen LogP contribution is -2.11. The predicted molar refractivity (Wildman–Crippen MR) is 76.2 cm³/mol. The van der Waals surface area contributed by atoms with Crippen LogP contribution >= 0.6 is 0 Å². The maximum Gasteiger partial charge on any atom is 0.161 e. The standard InChI is InChI=1S/C14H18N4O2/c1-3-19-13-8-10(14(15)16)4-5-12(13)20-9-11-6-7-18(2)17-11/h4-8H,3,9H2,1-2H3,(H3,15,16). The number of aromatic nitrogens is 2. The predicted octanol–water partition coefficient (Wildman–Crippen LogP) is 1.68. The zero-order valence-electron chi connectivity index (χ0n) is 11.6. The second kappa shape index (κ2) is 6.10. The highest BCUT2D eigenvalue weighted by atomic mass is 16.5. The van der Waals surface area contributed by atoms with E-state index >= 15 is 0 Å². The van der Waals surface area contributed by atoms with E-state index in [0.29, 0.717) is 30.3 Å². The number of hydrogen-bond acceptors (Lipinski definition) is 4. The summed E-state index contributed by atoms with van der Waals surface area (Å²) in [5.41, 5.74) is 6.92. The third-order valence-corrected chi connectivity index (χ3v) is 2.70. The molecule has 0 saturated heterocycles. The average Bonchev–Trinajstić information content (AvgIpc) is 2.83. The largest absolute Gasteiger partial charge is 0.490 e. The molecule has 0 fully saturated rings. The van der Waals surface area contributed by atoms with Gasteiger partial charge >= 0.3 is 0 Å². The molecule has 3 N–H and O–H groups in total. The van der Waals surface area contributed by atoms with Crippen LogP contribution in [0.25, 0.3) is 0 Å². The fraction of sp³-hybridized carbons (Fsp3) is 0.286. The molecule has 0 saturated carbocycles. The van der Waals surface area contributed by atoms with Crippen molar-refractivity contribution in [2.45, 2.75) is 13.5 Å². The molecule has 2 aromatic rings. The van der Waals surface area contributed by atoms with Crippen molar-refractivity contribution in [2.24, 2.45) is 12.8 Å². The van der Waals surface area contributed by atoms with Crippen molar-refractivity contribution in [3.63, 3.8) is 0 Å². The van der Waals surface area contributed by atoms with Gasteiger partial charge in [0.1, 0.15) is 12.4 Å². The maximum absolute atomic E-state index is 7.44. The number of ether oxygens (including phenoxy) is 2.